The first kappa shape index (κ1) is 14.0. The van der Waals surface area contributed by atoms with Gasteiger partial charge in [0.1, 0.15) is 5.82 Å². The zero-order valence-corrected chi connectivity index (χ0v) is 12.0. The smallest absolute Gasteiger partial charge is 0.218 e. The number of carbonyl (C=O) groups excluding carboxylic acids is 1. The van der Waals surface area contributed by atoms with Crippen molar-refractivity contribution in [2.75, 3.05) is 18.8 Å². The van der Waals surface area contributed by atoms with Crippen LogP contribution in [-0.4, -0.2) is 38.9 Å². The van der Waals surface area contributed by atoms with Crippen LogP contribution in [0.2, 0.25) is 5.02 Å². The van der Waals surface area contributed by atoms with E-state index in [1.54, 1.807) is 10.9 Å². The maximum atomic E-state index is 12.4. The molecule has 0 unspecified atom stereocenters. The van der Waals surface area contributed by atoms with Gasteiger partial charge in [-0.25, -0.2) is 9.67 Å². The number of anilines is 1. The van der Waals surface area contributed by atoms with Crippen LogP contribution in [0, 0.1) is 0 Å². The molecule has 1 saturated heterocycles. The van der Waals surface area contributed by atoms with Crippen molar-refractivity contribution in [3.8, 4) is 0 Å². The second-order valence-electron chi connectivity index (χ2n) is 4.98. The first-order valence-electron chi connectivity index (χ1n) is 6.73. The van der Waals surface area contributed by atoms with Gasteiger partial charge < -0.3 is 11.1 Å². The molecule has 0 aromatic carbocycles. The largest absolute Gasteiger partial charge is 0.383 e. The summed E-state index contributed by atoms with van der Waals surface area (Å²) in [5.74, 6) is -0.177. The van der Waals surface area contributed by atoms with Gasteiger partial charge in [-0.1, -0.05) is 16.8 Å². The number of hydrogen-bond acceptors (Lipinski definition) is 6. The minimum absolute atomic E-state index is 0.140. The molecule has 8 heteroatoms. The highest BCUT2D eigenvalue weighted by atomic mass is 35.5. The summed E-state index contributed by atoms with van der Waals surface area (Å²) in [4.78, 5) is 16.3. The molecule has 110 valence electrons. The minimum Gasteiger partial charge on any atom is -0.383 e. The van der Waals surface area contributed by atoms with Gasteiger partial charge in [-0.15, -0.1) is 5.10 Å². The van der Waals surface area contributed by atoms with Crippen LogP contribution >= 0.6 is 11.6 Å². The Kier molecular flexibility index (Phi) is 3.85. The molecule has 0 saturated carbocycles. The van der Waals surface area contributed by atoms with Crippen molar-refractivity contribution in [3.63, 3.8) is 0 Å². The lowest BCUT2D eigenvalue weighted by Crippen LogP contribution is -2.29. The summed E-state index contributed by atoms with van der Waals surface area (Å²) in [6, 6.07) is 1.77. The molecule has 3 heterocycles. The fraction of sp³-hybridized carbons (Fsp3) is 0.385. The fourth-order valence-corrected chi connectivity index (χ4v) is 2.56. The summed E-state index contributed by atoms with van der Waals surface area (Å²) in [5, 5.41) is 11.7. The average Bonchev–Trinajstić information content (AvgIpc) is 3.00. The lowest BCUT2D eigenvalue weighted by Gasteiger charge is -2.22. The van der Waals surface area contributed by atoms with Gasteiger partial charge in [-0.05, 0) is 32.0 Å². The maximum absolute atomic E-state index is 12.4. The summed E-state index contributed by atoms with van der Waals surface area (Å²) >= 11 is 5.86. The Balaban J connectivity index is 1.85. The summed E-state index contributed by atoms with van der Waals surface area (Å²) < 4.78 is 1.75. The molecule has 0 atom stereocenters. The Hall–Kier alpha value is -1.99. The van der Waals surface area contributed by atoms with Crippen LogP contribution in [0.1, 0.15) is 34.9 Å². The molecule has 3 N–H and O–H groups in total. The Morgan fingerprint density at radius 2 is 2.19 bits per heavy atom. The zero-order chi connectivity index (χ0) is 14.8. The SMILES string of the molecule is Nc1ncc(Cl)cc1C(=O)c1cn(C2CCNCC2)nn1. The van der Waals surface area contributed by atoms with Gasteiger partial charge in [-0.2, -0.15) is 0 Å². The van der Waals surface area contributed by atoms with Crippen LogP contribution in [-0.2, 0) is 0 Å². The van der Waals surface area contributed by atoms with E-state index in [2.05, 4.69) is 20.6 Å². The third-order valence-corrected chi connectivity index (χ3v) is 3.76. The van der Waals surface area contributed by atoms with Gasteiger partial charge in [0.25, 0.3) is 0 Å². The van der Waals surface area contributed by atoms with Crippen molar-refractivity contribution in [2.24, 2.45) is 0 Å². The molecule has 0 radical (unpaired) electrons. The van der Waals surface area contributed by atoms with Gasteiger partial charge in [0, 0.05) is 6.20 Å². The van der Waals surface area contributed by atoms with Crippen LogP contribution in [0.25, 0.3) is 0 Å². The fourth-order valence-electron chi connectivity index (χ4n) is 2.40. The third kappa shape index (κ3) is 2.88. The number of rotatable bonds is 3. The molecule has 1 aliphatic rings. The van der Waals surface area contributed by atoms with E-state index in [9.17, 15) is 4.79 Å². The number of aromatic nitrogens is 4. The first-order valence-corrected chi connectivity index (χ1v) is 7.11. The number of pyridine rings is 1. The van der Waals surface area contributed by atoms with Crippen molar-refractivity contribution in [3.05, 3.63) is 34.7 Å². The summed E-state index contributed by atoms with van der Waals surface area (Å²) in [5.41, 5.74) is 6.23. The minimum atomic E-state index is -0.317. The highest BCUT2D eigenvalue weighted by molar-refractivity contribution is 6.31. The van der Waals surface area contributed by atoms with E-state index in [0.717, 1.165) is 25.9 Å². The topological polar surface area (TPSA) is 98.7 Å². The molecule has 0 spiro atoms. The Morgan fingerprint density at radius 3 is 2.95 bits per heavy atom. The Labute approximate surface area is 126 Å². The van der Waals surface area contributed by atoms with Crippen LogP contribution in [0.3, 0.4) is 0 Å². The summed E-state index contributed by atoms with van der Waals surface area (Å²) in [7, 11) is 0. The molecule has 1 fully saturated rings. The number of ketones is 1. The number of nitrogens with one attached hydrogen (secondary N) is 1. The number of nitrogens with two attached hydrogens (primary N) is 1. The monoisotopic (exact) mass is 306 g/mol. The molecule has 2 aromatic heterocycles. The van der Waals surface area contributed by atoms with E-state index in [0.29, 0.717) is 5.02 Å². The van der Waals surface area contributed by atoms with E-state index in [4.69, 9.17) is 17.3 Å². The van der Waals surface area contributed by atoms with Crippen molar-refractivity contribution in [2.45, 2.75) is 18.9 Å². The van der Waals surface area contributed by atoms with E-state index in [-0.39, 0.29) is 28.9 Å². The molecular weight excluding hydrogens is 292 g/mol. The van der Waals surface area contributed by atoms with Crippen LogP contribution < -0.4 is 11.1 Å². The standard InChI is InChI=1S/C13H15ClN6O/c14-8-5-10(13(15)17-6-8)12(21)11-7-20(19-18-11)9-1-3-16-4-2-9/h5-7,9,16H,1-4H2,(H2,15,17). The van der Waals surface area contributed by atoms with Crippen LogP contribution in [0.15, 0.2) is 18.5 Å². The van der Waals surface area contributed by atoms with E-state index >= 15 is 0 Å². The van der Waals surface area contributed by atoms with E-state index in [1.807, 2.05) is 0 Å². The molecule has 0 bridgehead atoms. The zero-order valence-electron chi connectivity index (χ0n) is 11.3. The van der Waals surface area contributed by atoms with Crippen molar-refractivity contribution in [1.82, 2.24) is 25.3 Å². The van der Waals surface area contributed by atoms with Crippen molar-refractivity contribution in [1.29, 1.82) is 0 Å². The summed E-state index contributed by atoms with van der Waals surface area (Å²) in [6.07, 6.45) is 5.01. The quantitative estimate of drug-likeness (QED) is 0.823. The van der Waals surface area contributed by atoms with Gasteiger partial charge in [0.05, 0.1) is 22.8 Å². The van der Waals surface area contributed by atoms with Gasteiger partial charge in [0.15, 0.2) is 5.69 Å². The number of hydrogen-bond donors (Lipinski definition) is 2. The van der Waals surface area contributed by atoms with E-state index < -0.39 is 0 Å². The lowest BCUT2D eigenvalue weighted by molar-refractivity contribution is 0.103. The molecule has 2 aromatic rings. The van der Waals surface area contributed by atoms with Crippen molar-refractivity contribution < 1.29 is 4.79 Å². The van der Waals surface area contributed by atoms with E-state index in [1.165, 1.54) is 12.3 Å². The molecular formula is C13H15ClN6O. The maximum Gasteiger partial charge on any atom is 0.218 e. The van der Waals surface area contributed by atoms with Gasteiger partial charge in [0.2, 0.25) is 5.78 Å². The van der Waals surface area contributed by atoms with Crippen molar-refractivity contribution >= 4 is 23.2 Å². The molecule has 3 rings (SSSR count). The predicted molar refractivity (Wildman–Crippen MR) is 78.3 cm³/mol. The van der Waals surface area contributed by atoms with Crippen LogP contribution in [0.5, 0.6) is 0 Å². The predicted octanol–water partition coefficient (Wildman–Crippen LogP) is 1.06. The normalized spacial score (nSPS) is 16.0. The Bertz CT molecular complexity index is 664. The average molecular weight is 307 g/mol. The molecule has 1 aliphatic heterocycles. The number of nitrogens with zero attached hydrogens (tertiary/aromatic N) is 4. The van der Waals surface area contributed by atoms with Crippen LogP contribution in [0.4, 0.5) is 5.82 Å². The molecule has 0 amide bonds. The highest BCUT2D eigenvalue weighted by Gasteiger charge is 2.21. The third-order valence-electron chi connectivity index (χ3n) is 3.56. The molecule has 7 nitrogen and oxygen atoms in total. The number of halogens is 1. The summed E-state index contributed by atoms with van der Waals surface area (Å²) in [6.45, 7) is 1.89. The number of nitrogen functional groups attached to an aromatic ring is 1. The van der Waals surface area contributed by atoms with Gasteiger partial charge in [-0.3, -0.25) is 4.79 Å². The molecule has 21 heavy (non-hydrogen) atoms. The lowest BCUT2D eigenvalue weighted by atomic mass is 10.1. The number of carbonyl (C=O) groups is 1. The second kappa shape index (κ2) is 5.79. The molecule has 0 aliphatic carbocycles. The second-order valence-corrected chi connectivity index (χ2v) is 5.42. The Morgan fingerprint density at radius 1 is 1.43 bits per heavy atom. The highest BCUT2D eigenvalue weighted by Crippen LogP contribution is 2.20. The number of piperidine rings is 1. The first-order chi connectivity index (χ1) is 10.1. The van der Waals surface area contributed by atoms with Gasteiger partial charge >= 0.3 is 0 Å².